The van der Waals surface area contributed by atoms with Gasteiger partial charge in [-0.15, -0.1) is 0 Å². The topological polar surface area (TPSA) is 83.0 Å². The number of likely N-dealkylation sites (N-methyl/N-ethyl adjacent to an activating group) is 1. The van der Waals surface area contributed by atoms with Gasteiger partial charge >= 0.3 is 5.69 Å². The molecule has 1 atom stereocenters. The van der Waals surface area contributed by atoms with Gasteiger partial charge in [0.25, 0.3) is 0 Å². The van der Waals surface area contributed by atoms with Crippen LogP contribution in [0.4, 0.5) is 5.82 Å². The van der Waals surface area contributed by atoms with Crippen LogP contribution in [0.2, 0.25) is 0 Å². The molecule has 0 aliphatic carbocycles. The summed E-state index contributed by atoms with van der Waals surface area (Å²) in [6.07, 6.45) is 2.00. The van der Waals surface area contributed by atoms with Crippen molar-refractivity contribution in [2.24, 2.45) is 0 Å². The first-order chi connectivity index (χ1) is 13.0. The van der Waals surface area contributed by atoms with E-state index >= 15 is 0 Å². The van der Waals surface area contributed by atoms with Crippen LogP contribution in [0.25, 0.3) is 0 Å². The molecule has 8 heteroatoms. The monoisotopic (exact) mass is 369 g/mol. The third-order valence-electron chi connectivity index (χ3n) is 4.99. The number of hydrogen-bond donors (Lipinski definition) is 0. The molecule has 0 N–H and O–H groups in total. The maximum absolute atomic E-state index is 12.7. The van der Waals surface area contributed by atoms with Gasteiger partial charge in [-0.2, -0.15) is 10.4 Å². The number of rotatable bonds is 6. The lowest BCUT2D eigenvalue weighted by Crippen LogP contribution is -2.36. The zero-order valence-electron chi connectivity index (χ0n) is 16.3. The Labute approximate surface area is 159 Å². The molecule has 1 aliphatic heterocycles. The molecule has 0 bridgehead atoms. The van der Waals surface area contributed by atoms with Gasteiger partial charge in [0, 0.05) is 32.1 Å². The highest BCUT2D eigenvalue weighted by Crippen LogP contribution is 2.28. The molecule has 3 rings (SSSR count). The van der Waals surface area contributed by atoms with Crippen molar-refractivity contribution in [2.75, 3.05) is 38.6 Å². The molecule has 0 unspecified atom stereocenters. The average molecular weight is 369 g/mol. The Morgan fingerprint density at radius 2 is 2.19 bits per heavy atom. The van der Waals surface area contributed by atoms with Crippen molar-refractivity contribution in [2.45, 2.75) is 38.8 Å². The first-order valence-electron chi connectivity index (χ1n) is 9.47. The maximum Gasteiger partial charge on any atom is 0.345 e. The number of hydrogen-bond acceptors (Lipinski definition) is 6. The summed E-state index contributed by atoms with van der Waals surface area (Å²) in [5, 5.41) is 13.8. The van der Waals surface area contributed by atoms with E-state index in [9.17, 15) is 4.79 Å². The molecule has 144 valence electrons. The van der Waals surface area contributed by atoms with Crippen molar-refractivity contribution in [3.63, 3.8) is 0 Å². The summed E-state index contributed by atoms with van der Waals surface area (Å²) in [6.45, 7) is 5.63. The van der Waals surface area contributed by atoms with Crippen LogP contribution in [-0.2, 0) is 13.1 Å². The molecule has 0 radical (unpaired) electrons. The van der Waals surface area contributed by atoms with Gasteiger partial charge in [-0.1, -0.05) is 6.07 Å². The Morgan fingerprint density at radius 1 is 1.37 bits per heavy atom. The predicted octanol–water partition coefficient (Wildman–Crippen LogP) is 1.28. The van der Waals surface area contributed by atoms with E-state index in [1.54, 1.807) is 15.3 Å². The Morgan fingerprint density at radius 3 is 2.89 bits per heavy atom. The van der Waals surface area contributed by atoms with Crippen LogP contribution >= 0.6 is 0 Å². The molecule has 27 heavy (non-hydrogen) atoms. The highest BCUT2D eigenvalue weighted by molar-refractivity contribution is 5.42. The van der Waals surface area contributed by atoms with Crippen LogP contribution < -0.4 is 10.6 Å². The second-order valence-corrected chi connectivity index (χ2v) is 7.19. The Kier molecular flexibility index (Phi) is 5.91. The summed E-state index contributed by atoms with van der Waals surface area (Å²) in [6, 6.07) is 7.61. The summed E-state index contributed by atoms with van der Waals surface area (Å²) in [4.78, 5) is 21.4. The molecule has 1 fully saturated rings. The summed E-state index contributed by atoms with van der Waals surface area (Å²) in [7, 11) is 3.98. The smallest absolute Gasteiger partial charge is 0.345 e. The Bertz CT molecular complexity index is 877. The van der Waals surface area contributed by atoms with Crippen LogP contribution in [0.5, 0.6) is 0 Å². The first-order valence-corrected chi connectivity index (χ1v) is 9.47. The van der Waals surface area contributed by atoms with Gasteiger partial charge in [-0.05, 0) is 46.0 Å². The quantitative estimate of drug-likeness (QED) is 0.763. The van der Waals surface area contributed by atoms with Crippen LogP contribution in [0.3, 0.4) is 0 Å². The van der Waals surface area contributed by atoms with E-state index in [0.717, 1.165) is 44.1 Å². The minimum absolute atomic E-state index is 0.0314. The summed E-state index contributed by atoms with van der Waals surface area (Å²) < 4.78 is 3.38. The lowest BCUT2D eigenvalue weighted by Gasteiger charge is -2.33. The van der Waals surface area contributed by atoms with Gasteiger partial charge in [-0.3, -0.25) is 4.57 Å². The fourth-order valence-electron chi connectivity index (χ4n) is 3.56. The van der Waals surface area contributed by atoms with E-state index in [2.05, 4.69) is 21.1 Å². The largest absolute Gasteiger partial charge is 0.356 e. The van der Waals surface area contributed by atoms with Gasteiger partial charge in [0.15, 0.2) is 0 Å². The minimum Gasteiger partial charge on any atom is -0.356 e. The van der Waals surface area contributed by atoms with Crippen molar-refractivity contribution in [3.05, 3.63) is 40.2 Å². The van der Waals surface area contributed by atoms with Crippen LogP contribution in [0.15, 0.2) is 23.0 Å². The second kappa shape index (κ2) is 8.35. The fourth-order valence-corrected chi connectivity index (χ4v) is 3.56. The Balaban J connectivity index is 1.84. The van der Waals surface area contributed by atoms with Gasteiger partial charge < -0.3 is 9.80 Å². The molecule has 0 spiro atoms. The normalized spacial score (nSPS) is 17.3. The molecular weight excluding hydrogens is 342 g/mol. The molecule has 0 aromatic carbocycles. The van der Waals surface area contributed by atoms with E-state index in [4.69, 9.17) is 5.26 Å². The molecule has 1 aliphatic rings. The van der Waals surface area contributed by atoms with Crippen LogP contribution in [0.1, 0.15) is 37.2 Å². The van der Waals surface area contributed by atoms with Crippen molar-refractivity contribution >= 4 is 5.82 Å². The zero-order chi connectivity index (χ0) is 19.4. The Hall–Kier alpha value is -2.66. The average Bonchev–Trinajstić information content (AvgIpc) is 3.02. The minimum atomic E-state index is -0.0314. The van der Waals surface area contributed by atoms with Crippen LogP contribution in [0, 0.1) is 11.3 Å². The van der Waals surface area contributed by atoms with Crippen molar-refractivity contribution in [3.8, 4) is 6.07 Å². The molecule has 0 saturated carbocycles. The lowest BCUT2D eigenvalue weighted by molar-refractivity contribution is 0.367. The molecular formula is C19H27N7O. The van der Waals surface area contributed by atoms with E-state index in [1.165, 1.54) is 0 Å². The summed E-state index contributed by atoms with van der Waals surface area (Å²) >= 11 is 0. The molecule has 1 saturated heterocycles. The van der Waals surface area contributed by atoms with E-state index in [-0.39, 0.29) is 11.6 Å². The van der Waals surface area contributed by atoms with Gasteiger partial charge in [0.05, 0.1) is 6.54 Å². The number of nitriles is 1. The fraction of sp³-hybridized carbons (Fsp3) is 0.579. The standard InChI is InChI=1S/C19H27N7O/c1-4-25-18(22-26(19(25)27)12-11-23(2)3)15-7-6-10-24(14-15)17-9-5-8-16(13-20)21-17/h5,8-9,15H,4,6-7,10-12,14H2,1-3H3/t15-/m0/s1. The number of piperidine rings is 1. The zero-order valence-corrected chi connectivity index (χ0v) is 16.3. The number of pyridine rings is 1. The van der Waals surface area contributed by atoms with Gasteiger partial charge in [0.1, 0.15) is 23.4 Å². The third kappa shape index (κ3) is 4.19. The number of nitrogens with zero attached hydrogens (tertiary/aromatic N) is 7. The maximum atomic E-state index is 12.7. The van der Waals surface area contributed by atoms with Gasteiger partial charge in [-0.25, -0.2) is 14.5 Å². The molecule has 3 heterocycles. The molecule has 2 aromatic heterocycles. The van der Waals surface area contributed by atoms with E-state index in [0.29, 0.717) is 18.8 Å². The SMILES string of the molecule is CCn1c([C@H]2CCCN(c3cccc(C#N)n3)C2)nn(CCN(C)C)c1=O. The van der Waals surface area contributed by atoms with E-state index in [1.807, 2.05) is 38.1 Å². The highest BCUT2D eigenvalue weighted by Gasteiger charge is 2.27. The summed E-state index contributed by atoms with van der Waals surface area (Å²) in [5.74, 6) is 1.86. The summed E-state index contributed by atoms with van der Waals surface area (Å²) in [5.41, 5.74) is 0.393. The third-order valence-corrected chi connectivity index (χ3v) is 4.99. The highest BCUT2D eigenvalue weighted by atomic mass is 16.2. The van der Waals surface area contributed by atoms with Crippen molar-refractivity contribution in [1.82, 2.24) is 24.2 Å². The van der Waals surface area contributed by atoms with E-state index < -0.39 is 0 Å². The van der Waals surface area contributed by atoms with Crippen molar-refractivity contribution < 1.29 is 0 Å². The van der Waals surface area contributed by atoms with Crippen molar-refractivity contribution in [1.29, 1.82) is 5.26 Å². The molecule has 8 nitrogen and oxygen atoms in total. The number of anilines is 1. The molecule has 2 aromatic rings. The van der Waals surface area contributed by atoms with Gasteiger partial charge in [0.2, 0.25) is 0 Å². The van der Waals surface area contributed by atoms with Crippen LogP contribution in [-0.4, -0.2) is 58.0 Å². The second-order valence-electron chi connectivity index (χ2n) is 7.19. The lowest BCUT2D eigenvalue weighted by atomic mass is 9.97. The molecule has 0 amide bonds. The predicted molar refractivity (Wildman–Crippen MR) is 104 cm³/mol. The first kappa shape index (κ1) is 19.1. The number of aromatic nitrogens is 4.